The summed E-state index contributed by atoms with van der Waals surface area (Å²) in [5.74, 6) is 0.810. The molecule has 0 unspecified atom stereocenters. The molecule has 1 heterocycles. The van der Waals surface area contributed by atoms with Gasteiger partial charge in [0, 0.05) is 23.5 Å². The molecule has 0 amide bonds. The predicted molar refractivity (Wildman–Crippen MR) is 83.5 cm³/mol. The lowest BCUT2D eigenvalue weighted by Gasteiger charge is -2.18. The highest BCUT2D eigenvalue weighted by molar-refractivity contribution is 6.31. The van der Waals surface area contributed by atoms with Gasteiger partial charge >= 0.3 is 0 Å². The second-order valence-corrected chi connectivity index (χ2v) is 4.85. The smallest absolute Gasteiger partial charge is 0.253 e. The maximum atomic E-state index is 5.98. The third-order valence-corrected chi connectivity index (χ3v) is 3.37. The van der Waals surface area contributed by atoms with Crippen molar-refractivity contribution < 1.29 is 0 Å². The van der Waals surface area contributed by atoms with Crippen molar-refractivity contribution in [2.45, 2.75) is 20.8 Å². The molecule has 0 fully saturated rings. The van der Waals surface area contributed by atoms with E-state index in [2.05, 4.69) is 15.0 Å². The van der Waals surface area contributed by atoms with E-state index in [-0.39, 0.29) is 0 Å². The van der Waals surface area contributed by atoms with Crippen molar-refractivity contribution >= 4 is 34.4 Å². The zero-order valence-electron chi connectivity index (χ0n) is 11.9. The Hall–Kier alpha value is -1.88. The van der Waals surface area contributed by atoms with Gasteiger partial charge < -0.3 is 10.6 Å². The van der Waals surface area contributed by atoms with Gasteiger partial charge in [0.15, 0.2) is 5.96 Å². The van der Waals surface area contributed by atoms with Crippen molar-refractivity contribution in [2.24, 2.45) is 10.7 Å². The third-order valence-electron chi connectivity index (χ3n) is 3.14. The van der Waals surface area contributed by atoms with Crippen LogP contribution in [0.25, 0.3) is 10.9 Å². The minimum absolute atomic E-state index is 0.377. The normalized spacial score (nSPS) is 11.9. The van der Waals surface area contributed by atoms with Crippen molar-refractivity contribution in [1.82, 2.24) is 14.9 Å². The van der Waals surface area contributed by atoms with Gasteiger partial charge in [0.25, 0.3) is 5.95 Å². The number of halogens is 1. The van der Waals surface area contributed by atoms with Crippen molar-refractivity contribution in [2.75, 3.05) is 13.1 Å². The monoisotopic (exact) mass is 291 g/mol. The van der Waals surface area contributed by atoms with E-state index in [0.717, 1.165) is 29.7 Å². The molecule has 0 spiro atoms. The summed E-state index contributed by atoms with van der Waals surface area (Å²) in [5.41, 5.74) is 7.61. The molecule has 0 radical (unpaired) electrons. The van der Waals surface area contributed by atoms with Crippen LogP contribution in [-0.4, -0.2) is 33.9 Å². The fourth-order valence-corrected chi connectivity index (χ4v) is 2.18. The van der Waals surface area contributed by atoms with Gasteiger partial charge in [0.2, 0.25) is 0 Å². The lowest BCUT2D eigenvalue weighted by Crippen LogP contribution is -2.36. The van der Waals surface area contributed by atoms with Crippen LogP contribution in [0.3, 0.4) is 0 Å². The van der Waals surface area contributed by atoms with Gasteiger partial charge in [-0.15, -0.1) is 0 Å². The second-order valence-electron chi connectivity index (χ2n) is 4.41. The Morgan fingerprint density at radius 3 is 2.65 bits per heavy atom. The molecule has 2 aromatic rings. The summed E-state index contributed by atoms with van der Waals surface area (Å²) in [7, 11) is 0. The molecule has 0 bridgehead atoms. The molecular formula is C14H18ClN5. The average molecular weight is 292 g/mol. The first-order chi connectivity index (χ1) is 9.55. The Bertz CT molecular complexity index is 649. The van der Waals surface area contributed by atoms with Crippen LogP contribution in [0.5, 0.6) is 0 Å². The molecule has 0 saturated heterocycles. The highest BCUT2D eigenvalue weighted by atomic mass is 35.5. The van der Waals surface area contributed by atoms with Gasteiger partial charge in [-0.2, -0.15) is 4.99 Å². The Morgan fingerprint density at radius 2 is 2.00 bits per heavy atom. The highest BCUT2D eigenvalue weighted by Crippen LogP contribution is 2.22. The van der Waals surface area contributed by atoms with E-state index < -0.39 is 0 Å². The molecule has 0 atom stereocenters. The number of aryl methyl sites for hydroxylation is 1. The lowest BCUT2D eigenvalue weighted by atomic mass is 10.2. The number of guanidine groups is 1. The molecule has 6 heteroatoms. The minimum atomic E-state index is 0.377. The molecule has 0 aliphatic heterocycles. The zero-order chi connectivity index (χ0) is 14.7. The first-order valence-electron chi connectivity index (χ1n) is 6.58. The molecule has 5 nitrogen and oxygen atoms in total. The quantitative estimate of drug-likeness (QED) is 0.697. The molecular weight excluding hydrogens is 274 g/mol. The molecule has 0 aliphatic rings. The van der Waals surface area contributed by atoms with Crippen molar-refractivity contribution in [3.63, 3.8) is 0 Å². The van der Waals surface area contributed by atoms with Crippen molar-refractivity contribution in [3.05, 3.63) is 28.9 Å². The lowest BCUT2D eigenvalue weighted by molar-refractivity contribution is 0.460. The minimum Gasteiger partial charge on any atom is -0.369 e. The summed E-state index contributed by atoms with van der Waals surface area (Å²) in [4.78, 5) is 15.0. The number of rotatable bonds is 3. The molecule has 0 aliphatic carbocycles. The second kappa shape index (κ2) is 6.05. The number of nitrogens with two attached hydrogens (primary N) is 1. The van der Waals surface area contributed by atoms with Crippen LogP contribution in [0, 0.1) is 6.92 Å². The summed E-state index contributed by atoms with van der Waals surface area (Å²) in [6.07, 6.45) is 0. The number of benzene rings is 1. The summed E-state index contributed by atoms with van der Waals surface area (Å²) in [5, 5.41) is 1.60. The standard InChI is InChI=1S/C14H18ClN5/c1-4-20(5-2)13(16)19-14-17-9(3)11-8-10(15)6-7-12(11)18-14/h6-8H,4-5H2,1-3H3,(H2,16,17,18,19). The van der Waals surface area contributed by atoms with E-state index in [1.807, 2.05) is 37.8 Å². The predicted octanol–water partition coefficient (Wildman–Crippen LogP) is 2.88. The van der Waals surface area contributed by atoms with Crippen LogP contribution in [0.4, 0.5) is 5.95 Å². The first-order valence-corrected chi connectivity index (χ1v) is 6.96. The average Bonchev–Trinajstić information content (AvgIpc) is 2.41. The van der Waals surface area contributed by atoms with Crippen LogP contribution in [0.2, 0.25) is 5.02 Å². The Balaban J connectivity index is 2.46. The molecule has 2 N–H and O–H groups in total. The molecule has 2 rings (SSSR count). The number of aliphatic imine (C=N–C) groups is 1. The van der Waals surface area contributed by atoms with Gasteiger partial charge in [-0.3, -0.25) is 0 Å². The van der Waals surface area contributed by atoms with Crippen LogP contribution in [0.15, 0.2) is 23.2 Å². The molecule has 0 saturated carbocycles. The number of aromatic nitrogens is 2. The number of hydrogen-bond acceptors (Lipinski definition) is 3. The fourth-order valence-electron chi connectivity index (χ4n) is 2.01. The third kappa shape index (κ3) is 2.99. The van der Waals surface area contributed by atoms with E-state index in [1.54, 1.807) is 6.07 Å². The van der Waals surface area contributed by atoms with Gasteiger partial charge in [-0.25, -0.2) is 9.97 Å². The van der Waals surface area contributed by atoms with Gasteiger partial charge in [0.05, 0.1) is 11.2 Å². The summed E-state index contributed by atoms with van der Waals surface area (Å²) in [6, 6.07) is 5.52. The largest absolute Gasteiger partial charge is 0.369 e. The van der Waals surface area contributed by atoms with Crippen molar-refractivity contribution in [1.29, 1.82) is 0 Å². The van der Waals surface area contributed by atoms with Crippen LogP contribution >= 0.6 is 11.6 Å². The summed E-state index contributed by atoms with van der Waals surface area (Å²) in [6.45, 7) is 7.57. The number of nitrogens with zero attached hydrogens (tertiary/aromatic N) is 4. The van der Waals surface area contributed by atoms with E-state index in [0.29, 0.717) is 16.9 Å². The molecule has 1 aromatic heterocycles. The first kappa shape index (κ1) is 14.5. The maximum Gasteiger partial charge on any atom is 0.253 e. The Labute approximate surface area is 123 Å². The SMILES string of the molecule is CCN(CC)/C(N)=N\c1nc(C)c2cc(Cl)ccc2n1. The highest BCUT2D eigenvalue weighted by Gasteiger charge is 2.07. The molecule has 20 heavy (non-hydrogen) atoms. The van der Waals surface area contributed by atoms with Gasteiger partial charge in [0.1, 0.15) is 0 Å². The van der Waals surface area contributed by atoms with Gasteiger partial charge in [-0.1, -0.05) is 11.6 Å². The van der Waals surface area contributed by atoms with Crippen LogP contribution in [0.1, 0.15) is 19.5 Å². The number of hydrogen-bond donors (Lipinski definition) is 1. The van der Waals surface area contributed by atoms with Gasteiger partial charge in [-0.05, 0) is 39.0 Å². The van der Waals surface area contributed by atoms with E-state index in [1.165, 1.54) is 0 Å². The van der Waals surface area contributed by atoms with Crippen LogP contribution < -0.4 is 5.73 Å². The fraction of sp³-hybridized carbons (Fsp3) is 0.357. The topological polar surface area (TPSA) is 67.4 Å². The number of fused-ring (bicyclic) bond motifs is 1. The van der Waals surface area contributed by atoms with Crippen molar-refractivity contribution in [3.8, 4) is 0 Å². The maximum absolute atomic E-state index is 5.98. The zero-order valence-corrected chi connectivity index (χ0v) is 12.6. The van der Waals surface area contributed by atoms with Crippen LogP contribution in [-0.2, 0) is 0 Å². The summed E-state index contributed by atoms with van der Waals surface area (Å²) < 4.78 is 0. The summed E-state index contributed by atoms with van der Waals surface area (Å²) >= 11 is 5.98. The Morgan fingerprint density at radius 1 is 1.30 bits per heavy atom. The molecule has 1 aromatic carbocycles. The van der Waals surface area contributed by atoms with E-state index >= 15 is 0 Å². The Kier molecular flexibility index (Phi) is 4.39. The van der Waals surface area contributed by atoms with E-state index in [4.69, 9.17) is 17.3 Å². The van der Waals surface area contributed by atoms with E-state index in [9.17, 15) is 0 Å². The molecule has 106 valence electrons.